The van der Waals surface area contributed by atoms with Crippen LogP contribution in [0.3, 0.4) is 0 Å². The molecule has 0 radical (unpaired) electrons. The molecule has 3 aromatic heterocycles. The van der Waals surface area contributed by atoms with E-state index in [0.29, 0.717) is 23.1 Å². The molecule has 0 saturated heterocycles. The quantitative estimate of drug-likeness (QED) is 0.344. The largest absolute Gasteiger partial charge is 0.497 e. The second-order valence-corrected chi connectivity index (χ2v) is 6.95. The normalized spacial score (nSPS) is 10.8. The van der Waals surface area contributed by atoms with Gasteiger partial charge in [-0.3, -0.25) is 14.6 Å². The summed E-state index contributed by atoms with van der Waals surface area (Å²) in [6.45, 7) is 0.602. The third kappa shape index (κ3) is 5.23. The predicted molar refractivity (Wildman–Crippen MR) is 117 cm³/mol. The van der Waals surface area contributed by atoms with Crippen LogP contribution in [0.2, 0.25) is 0 Å². The Hall–Kier alpha value is -4.48. The highest BCUT2D eigenvalue weighted by atomic mass is 16.5. The van der Waals surface area contributed by atoms with Crippen molar-refractivity contribution >= 4 is 11.6 Å². The Morgan fingerprint density at radius 1 is 1.15 bits per heavy atom. The summed E-state index contributed by atoms with van der Waals surface area (Å²) in [5, 5.41) is 15.5. The number of ether oxygens (including phenoxy) is 2. The van der Waals surface area contributed by atoms with Gasteiger partial charge in [0.25, 0.3) is 5.56 Å². The van der Waals surface area contributed by atoms with E-state index in [2.05, 4.69) is 25.6 Å². The summed E-state index contributed by atoms with van der Waals surface area (Å²) in [4.78, 5) is 36.8. The van der Waals surface area contributed by atoms with Crippen molar-refractivity contribution in [1.29, 1.82) is 0 Å². The summed E-state index contributed by atoms with van der Waals surface area (Å²) in [7, 11) is 1.59. The maximum Gasteiger partial charge on any atom is 0.328 e. The standard InChI is InChI=1S/C21H21N7O5/c1-32-15-4-2-3-14(13-15)20-25-24-16-5-6-19(26-28(16)20)33-12-9-22-17(29)7-10-27-11-8-18(30)23-21(27)31/h2-6,8,11,13H,7,9-10,12H2,1H3,(H,22,29)(H,23,30,31). The first kappa shape index (κ1) is 21.7. The van der Waals surface area contributed by atoms with E-state index < -0.39 is 11.2 Å². The molecule has 3 heterocycles. The smallest absolute Gasteiger partial charge is 0.328 e. The zero-order chi connectivity index (χ0) is 23.2. The van der Waals surface area contributed by atoms with Crippen LogP contribution in [-0.2, 0) is 11.3 Å². The molecule has 0 unspecified atom stereocenters. The van der Waals surface area contributed by atoms with Gasteiger partial charge in [0.2, 0.25) is 11.8 Å². The van der Waals surface area contributed by atoms with Gasteiger partial charge in [0, 0.05) is 36.9 Å². The van der Waals surface area contributed by atoms with Crippen molar-refractivity contribution in [3.63, 3.8) is 0 Å². The lowest BCUT2D eigenvalue weighted by atomic mass is 10.2. The predicted octanol–water partition coefficient (Wildman–Crippen LogP) is 0.235. The molecular weight excluding hydrogens is 430 g/mol. The third-order valence-electron chi connectivity index (χ3n) is 4.72. The number of methoxy groups -OCH3 is 1. The molecule has 12 heteroatoms. The van der Waals surface area contributed by atoms with E-state index in [4.69, 9.17) is 9.47 Å². The maximum absolute atomic E-state index is 12.0. The molecule has 0 saturated carbocycles. The molecule has 0 fully saturated rings. The summed E-state index contributed by atoms with van der Waals surface area (Å²) in [6.07, 6.45) is 1.44. The molecule has 1 aromatic carbocycles. The fourth-order valence-electron chi connectivity index (χ4n) is 3.07. The fourth-order valence-corrected chi connectivity index (χ4v) is 3.07. The SMILES string of the molecule is COc1cccc(-c2nnc3ccc(OCCNC(=O)CCn4ccc(=O)[nH]c4=O)nn23)c1. The average molecular weight is 451 g/mol. The Balaban J connectivity index is 1.31. The summed E-state index contributed by atoms with van der Waals surface area (Å²) >= 11 is 0. The molecule has 0 spiro atoms. The molecule has 1 amide bonds. The number of fused-ring (bicyclic) bond motifs is 1. The lowest BCUT2D eigenvalue weighted by molar-refractivity contribution is -0.121. The highest BCUT2D eigenvalue weighted by molar-refractivity contribution is 5.75. The van der Waals surface area contributed by atoms with Gasteiger partial charge in [0.1, 0.15) is 12.4 Å². The fraction of sp³-hybridized carbons (Fsp3) is 0.238. The van der Waals surface area contributed by atoms with Gasteiger partial charge in [0.05, 0.1) is 13.7 Å². The van der Waals surface area contributed by atoms with Gasteiger partial charge in [-0.1, -0.05) is 12.1 Å². The highest BCUT2D eigenvalue weighted by Gasteiger charge is 2.11. The number of aryl methyl sites for hydroxylation is 1. The first-order valence-corrected chi connectivity index (χ1v) is 10.1. The average Bonchev–Trinajstić information content (AvgIpc) is 3.24. The van der Waals surface area contributed by atoms with Crippen LogP contribution in [0.25, 0.3) is 17.0 Å². The number of benzene rings is 1. The lowest BCUT2D eigenvalue weighted by Gasteiger charge is -2.08. The van der Waals surface area contributed by atoms with Crippen molar-refractivity contribution in [3.05, 3.63) is 69.5 Å². The first-order chi connectivity index (χ1) is 16.0. The number of nitrogens with one attached hydrogen (secondary N) is 2. The van der Waals surface area contributed by atoms with Gasteiger partial charge in [0.15, 0.2) is 11.5 Å². The number of amides is 1. The summed E-state index contributed by atoms with van der Waals surface area (Å²) in [5.41, 5.74) is 0.320. The van der Waals surface area contributed by atoms with E-state index in [1.54, 1.807) is 23.8 Å². The molecule has 0 aliphatic heterocycles. The molecular formula is C21H21N7O5. The molecule has 4 aromatic rings. The molecule has 0 aliphatic rings. The third-order valence-corrected chi connectivity index (χ3v) is 4.72. The molecule has 4 rings (SSSR count). The van der Waals surface area contributed by atoms with Gasteiger partial charge >= 0.3 is 5.69 Å². The summed E-state index contributed by atoms with van der Waals surface area (Å²) in [6, 6.07) is 12.0. The first-order valence-electron chi connectivity index (χ1n) is 10.1. The number of carbonyl (C=O) groups is 1. The van der Waals surface area contributed by atoms with Crippen molar-refractivity contribution in [2.75, 3.05) is 20.3 Å². The van der Waals surface area contributed by atoms with Crippen molar-refractivity contribution in [1.82, 2.24) is 34.7 Å². The number of aromatic amines is 1. The molecule has 0 atom stereocenters. The Labute approximate surface area is 186 Å². The Morgan fingerprint density at radius 3 is 2.85 bits per heavy atom. The number of nitrogens with zero attached hydrogens (tertiary/aromatic N) is 5. The van der Waals surface area contributed by atoms with E-state index in [0.717, 1.165) is 5.56 Å². The van der Waals surface area contributed by atoms with Crippen LogP contribution in [0.4, 0.5) is 0 Å². The zero-order valence-corrected chi connectivity index (χ0v) is 17.7. The van der Waals surface area contributed by atoms with Gasteiger partial charge in [-0.2, -0.15) is 4.52 Å². The second kappa shape index (κ2) is 9.77. The maximum atomic E-state index is 12.0. The van der Waals surface area contributed by atoms with E-state index in [-0.39, 0.29) is 32.0 Å². The Kier molecular flexibility index (Phi) is 6.43. The van der Waals surface area contributed by atoms with Crippen molar-refractivity contribution < 1.29 is 14.3 Å². The van der Waals surface area contributed by atoms with Crippen LogP contribution in [-0.4, -0.2) is 55.5 Å². The van der Waals surface area contributed by atoms with Crippen molar-refractivity contribution in [3.8, 4) is 23.0 Å². The van der Waals surface area contributed by atoms with E-state index in [9.17, 15) is 14.4 Å². The van der Waals surface area contributed by atoms with Gasteiger partial charge < -0.3 is 19.4 Å². The molecule has 170 valence electrons. The van der Waals surface area contributed by atoms with Crippen molar-refractivity contribution in [2.45, 2.75) is 13.0 Å². The summed E-state index contributed by atoms with van der Waals surface area (Å²) in [5.74, 6) is 1.33. The van der Waals surface area contributed by atoms with Crippen LogP contribution in [0.1, 0.15) is 6.42 Å². The second-order valence-electron chi connectivity index (χ2n) is 6.95. The van der Waals surface area contributed by atoms with Gasteiger partial charge in [-0.15, -0.1) is 15.3 Å². The summed E-state index contributed by atoms with van der Waals surface area (Å²) < 4.78 is 13.7. The molecule has 2 N–H and O–H groups in total. The Bertz CT molecular complexity index is 1390. The van der Waals surface area contributed by atoms with E-state index in [1.165, 1.54) is 16.8 Å². The molecule has 12 nitrogen and oxygen atoms in total. The van der Waals surface area contributed by atoms with Gasteiger partial charge in [-0.05, 0) is 18.2 Å². The minimum atomic E-state index is -0.553. The number of H-pyrrole nitrogens is 1. The van der Waals surface area contributed by atoms with Crippen LogP contribution in [0.15, 0.2) is 58.3 Å². The van der Waals surface area contributed by atoms with Crippen LogP contribution in [0, 0.1) is 0 Å². The highest BCUT2D eigenvalue weighted by Crippen LogP contribution is 2.23. The van der Waals surface area contributed by atoms with Crippen LogP contribution in [0.5, 0.6) is 11.6 Å². The van der Waals surface area contributed by atoms with E-state index >= 15 is 0 Å². The number of aromatic nitrogens is 6. The Morgan fingerprint density at radius 2 is 2.03 bits per heavy atom. The molecule has 0 aliphatic carbocycles. The van der Waals surface area contributed by atoms with Crippen molar-refractivity contribution in [2.24, 2.45) is 0 Å². The lowest BCUT2D eigenvalue weighted by Crippen LogP contribution is -2.32. The molecule has 33 heavy (non-hydrogen) atoms. The number of hydrogen-bond donors (Lipinski definition) is 2. The monoisotopic (exact) mass is 451 g/mol. The minimum Gasteiger partial charge on any atom is -0.497 e. The van der Waals surface area contributed by atoms with E-state index in [1.807, 2.05) is 24.3 Å². The number of hydrogen-bond acceptors (Lipinski definition) is 8. The number of rotatable bonds is 9. The van der Waals surface area contributed by atoms with Gasteiger partial charge in [-0.25, -0.2) is 4.79 Å². The van der Waals surface area contributed by atoms with Crippen LogP contribution < -0.4 is 26.0 Å². The zero-order valence-electron chi connectivity index (χ0n) is 17.7. The molecule has 0 bridgehead atoms. The van der Waals surface area contributed by atoms with Crippen LogP contribution >= 0.6 is 0 Å². The topological polar surface area (TPSA) is 145 Å². The minimum absolute atomic E-state index is 0.0841. The number of carbonyl (C=O) groups excluding carboxylic acids is 1.